The zero-order valence-electron chi connectivity index (χ0n) is 10.9. The number of allylic oxidation sites excluding steroid dienone is 1. The zero-order chi connectivity index (χ0) is 15.2. The van der Waals surface area contributed by atoms with Gasteiger partial charge in [-0.15, -0.1) is 5.10 Å². The Morgan fingerprint density at radius 1 is 1.55 bits per heavy atom. The van der Waals surface area contributed by atoms with Crippen molar-refractivity contribution in [3.8, 4) is 0 Å². The lowest BCUT2D eigenvalue weighted by atomic mass is 10.4. The number of hydrogen-bond acceptors (Lipinski definition) is 4. The largest absolute Gasteiger partial charge is 0.467 e. The fourth-order valence-electron chi connectivity index (χ4n) is 1.22. The molecule has 0 atom stereocenters. The van der Waals surface area contributed by atoms with Crippen LogP contribution >= 0.6 is 11.6 Å². The Bertz CT molecular complexity index is 503. The number of hydrogen-bond donors (Lipinski definition) is 0. The van der Waals surface area contributed by atoms with Crippen molar-refractivity contribution in [3.05, 3.63) is 35.5 Å². The van der Waals surface area contributed by atoms with Gasteiger partial charge in [0.25, 0.3) is 0 Å². The van der Waals surface area contributed by atoms with Crippen molar-refractivity contribution in [1.29, 1.82) is 0 Å². The Kier molecular flexibility index (Phi) is 5.82. The number of aromatic nitrogens is 1. The molecule has 1 aromatic heterocycles. The SMILES string of the molecule is C/C=C/C(=N\N(C)c1ncccc1Cl)OCC(F)(F)F. The molecule has 0 unspecified atom stereocenters. The second kappa shape index (κ2) is 7.14. The molecule has 0 aliphatic rings. The monoisotopic (exact) mass is 307 g/mol. The predicted octanol–water partition coefficient (Wildman–Crippen LogP) is 3.64. The van der Waals surface area contributed by atoms with Crippen molar-refractivity contribution in [1.82, 2.24) is 4.98 Å². The molecule has 0 aliphatic heterocycles. The minimum atomic E-state index is -4.43. The molecule has 4 nitrogen and oxygen atoms in total. The molecule has 0 bridgehead atoms. The number of alkyl halides is 3. The molecule has 0 fully saturated rings. The maximum atomic E-state index is 12.1. The summed E-state index contributed by atoms with van der Waals surface area (Å²) in [6.07, 6.45) is -0.0924. The Labute approximate surface area is 119 Å². The topological polar surface area (TPSA) is 37.7 Å². The summed E-state index contributed by atoms with van der Waals surface area (Å²) >= 11 is 5.92. The minimum absolute atomic E-state index is 0.186. The molecule has 0 aromatic carbocycles. The molecular formula is C12H13ClF3N3O. The molecule has 0 N–H and O–H groups in total. The van der Waals surface area contributed by atoms with E-state index in [1.165, 1.54) is 30.4 Å². The van der Waals surface area contributed by atoms with Crippen molar-refractivity contribution >= 4 is 23.3 Å². The molecule has 0 saturated heterocycles. The third-order valence-electron chi connectivity index (χ3n) is 1.99. The lowest BCUT2D eigenvalue weighted by Crippen LogP contribution is -2.22. The molecule has 20 heavy (non-hydrogen) atoms. The maximum absolute atomic E-state index is 12.1. The van der Waals surface area contributed by atoms with Crippen LogP contribution in [0, 0.1) is 0 Å². The van der Waals surface area contributed by atoms with Crippen LogP contribution in [0.3, 0.4) is 0 Å². The maximum Gasteiger partial charge on any atom is 0.422 e. The molecule has 0 amide bonds. The van der Waals surface area contributed by atoms with Gasteiger partial charge in [-0.05, 0) is 25.1 Å². The second-order valence-corrected chi connectivity index (χ2v) is 4.08. The first-order valence-corrected chi connectivity index (χ1v) is 5.96. The lowest BCUT2D eigenvalue weighted by Gasteiger charge is -2.15. The van der Waals surface area contributed by atoms with E-state index in [0.29, 0.717) is 10.8 Å². The third-order valence-corrected chi connectivity index (χ3v) is 2.28. The number of hydrazone groups is 1. The van der Waals surface area contributed by atoms with Crippen LogP contribution in [-0.4, -0.2) is 30.7 Å². The van der Waals surface area contributed by atoms with Gasteiger partial charge in [0.1, 0.15) is 0 Å². The molecular weight excluding hydrogens is 295 g/mol. The van der Waals surface area contributed by atoms with E-state index >= 15 is 0 Å². The van der Waals surface area contributed by atoms with E-state index in [4.69, 9.17) is 11.6 Å². The van der Waals surface area contributed by atoms with Crippen molar-refractivity contribution in [2.75, 3.05) is 18.7 Å². The van der Waals surface area contributed by atoms with Crippen LogP contribution in [-0.2, 0) is 4.74 Å². The highest BCUT2D eigenvalue weighted by atomic mass is 35.5. The van der Waals surface area contributed by atoms with Gasteiger partial charge in [-0.3, -0.25) is 0 Å². The predicted molar refractivity (Wildman–Crippen MR) is 71.9 cm³/mol. The molecule has 8 heteroatoms. The van der Waals surface area contributed by atoms with Crippen LogP contribution < -0.4 is 5.01 Å². The van der Waals surface area contributed by atoms with Crippen molar-refractivity contribution in [2.24, 2.45) is 5.10 Å². The molecule has 0 aliphatic carbocycles. The molecule has 1 heterocycles. The van der Waals surface area contributed by atoms with E-state index in [1.54, 1.807) is 19.1 Å². The summed E-state index contributed by atoms with van der Waals surface area (Å²) in [6, 6.07) is 3.23. The molecule has 0 spiro atoms. The zero-order valence-corrected chi connectivity index (χ0v) is 11.6. The van der Waals surface area contributed by atoms with Crippen LogP contribution in [0.4, 0.5) is 19.0 Å². The summed E-state index contributed by atoms with van der Waals surface area (Å²) in [6.45, 7) is 0.222. The summed E-state index contributed by atoms with van der Waals surface area (Å²) < 4.78 is 41.0. The van der Waals surface area contributed by atoms with Gasteiger partial charge in [-0.25, -0.2) is 9.99 Å². The first kappa shape index (κ1) is 16.3. The van der Waals surface area contributed by atoms with E-state index in [2.05, 4.69) is 14.8 Å². The van der Waals surface area contributed by atoms with E-state index < -0.39 is 12.8 Å². The summed E-state index contributed by atoms with van der Waals surface area (Å²) in [4.78, 5) is 3.99. The number of rotatable bonds is 4. The lowest BCUT2D eigenvalue weighted by molar-refractivity contribution is -0.156. The van der Waals surface area contributed by atoms with Gasteiger partial charge < -0.3 is 4.74 Å². The summed E-state index contributed by atoms with van der Waals surface area (Å²) in [5, 5.41) is 5.47. The van der Waals surface area contributed by atoms with Crippen molar-refractivity contribution in [3.63, 3.8) is 0 Å². The number of nitrogens with zero attached hydrogens (tertiary/aromatic N) is 3. The summed E-state index contributed by atoms with van der Waals surface area (Å²) in [5.74, 6) is 0.126. The average Bonchev–Trinajstić information content (AvgIpc) is 2.35. The quantitative estimate of drug-likeness (QED) is 0.484. The van der Waals surface area contributed by atoms with Crippen LogP contribution in [0.2, 0.25) is 5.02 Å². The highest BCUT2D eigenvalue weighted by Crippen LogP contribution is 2.21. The number of pyridine rings is 1. The Balaban J connectivity index is 2.88. The Morgan fingerprint density at radius 2 is 2.25 bits per heavy atom. The van der Waals surface area contributed by atoms with Gasteiger partial charge in [0.2, 0.25) is 5.90 Å². The average molecular weight is 308 g/mol. The number of halogens is 4. The fraction of sp³-hybridized carbons (Fsp3) is 0.333. The molecule has 0 radical (unpaired) electrons. The second-order valence-electron chi connectivity index (χ2n) is 3.67. The van der Waals surface area contributed by atoms with Gasteiger partial charge in [0.05, 0.1) is 5.02 Å². The normalized spacial score (nSPS) is 12.8. The van der Waals surface area contributed by atoms with Crippen LogP contribution in [0.15, 0.2) is 35.6 Å². The molecule has 1 aromatic rings. The highest BCUT2D eigenvalue weighted by Gasteiger charge is 2.29. The molecule has 110 valence electrons. The highest BCUT2D eigenvalue weighted by molar-refractivity contribution is 6.32. The first-order valence-electron chi connectivity index (χ1n) is 5.58. The van der Waals surface area contributed by atoms with Crippen LogP contribution in [0.5, 0.6) is 0 Å². The Hall–Kier alpha value is -1.76. The summed E-state index contributed by atoms with van der Waals surface area (Å²) in [5.41, 5.74) is 0. The van der Waals surface area contributed by atoms with Gasteiger partial charge in [0.15, 0.2) is 12.4 Å². The summed E-state index contributed by atoms with van der Waals surface area (Å²) in [7, 11) is 1.51. The van der Waals surface area contributed by atoms with Gasteiger partial charge in [-0.2, -0.15) is 13.2 Å². The minimum Gasteiger partial charge on any atom is -0.467 e. The van der Waals surface area contributed by atoms with Gasteiger partial charge in [-0.1, -0.05) is 17.7 Å². The smallest absolute Gasteiger partial charge is 0.422 e. The standard InChI is InChI=1S/C12H13ClF3N3O/c1-3-5-10(20-8-12(14,15)16)18-19(2)11-9(13)6-4-7-17-11/h3-7H,8H2,1-2H3/b5-3+,18-10+. The van der Waals surface area contributed by atoms with Crippen molar-refractivity contribution in [2.45, 2.75) is 13.1 Å². The Morgan fingerprint density at radius 3 is 2.80 bits per heavy atom. The molecule has 0 saturated carbocycles. The van der Waals surface area contributed by atoms with Crippen LogP contribution in [0.25, 0.3) is 0 Å². The number of anilines is 1. The van der Waals surface area contributed by atoms with Crippen LogP contribution in [0.1, 0.15) is 6.92 Å². The first-order chi connectivity index (χ1) is 9.33. The fourth-order valence-corrected chi connectivity index (χ4v) is 1.46. The van der Waals surface area contributed by atoms with Crippen molar-refractivity contribution < 1.29 is 17.9 Å². The molecule has 1 rings (SSSR count). The van der Waals surface area contributed by atoms with E-state index in [-0.39, 0.29) is 5.90 Å². The van der Waals surface area contributed by atoms with E-state index in [0.717, 1.165) is 0 Å². The van der Waals surface area contributed by atoms with E-state index in [1.807, 2.05) is 0 Å². The van der Waals surface area contributed by atoms with E-state index in [9.17, 15) is 13.2 Å². The number of ether oxygens (including phenoxy) is 1. The van der Waals surface area contributed by atoms with Gasteiger partial charge >= 0.3 is 6.18 Å². The third kappa shape index (κ3) is 5.48. The van der Waals surface area contributed by atoms with Gasteiger partial charge in [0, 0.05) is 13.2 Å².